The van der Waals surface area contributed by atoms with E-state index in [1.54, 1.807) is 19.9 Å². The molecule has 0 fully saturated rings. The Balaban J connectivity index is 2.90. The van der Waals surface area contributed by atoms with E-state index < -0.39 is 10.0 Å². The van der Waals surface area contributed by atoms with Crippen LogP contribution >= 0.6 is 0 Å². The third-order valence-electron chi connectivity index (χ3n) is 1.59. The van der Waals surface area contributed by atoms with Gasteiger partial charge in [-0.2, -0.15) is 0 Å². The predicted octanol–water partition coefficient (Wildman–Crippen LogP) is -0.330. The summed E-state index contributed by atoms with van der Waals surface area (Å²) in [5.41, 5.74) is 4.87. The summed E-state index contributed by atoms with van der Waals surface area (Å²) in [6, 6.07) is 1.76. The van der Waals surface area contributed by atoms with Crippen LogP contribution in [0.1, 0.15) is 11.4 Å². The highest BCUT2D eigenvalue weighted by atomic mass is 32.2. The Morgan fingerprint density at radius 3 is 2.33 bits per heavy atom. The maximum atomic E-state index is 11.3. The molecule has 0 saturated heterocycles. The van der Waals surface area contributed by atoms with Crippen molar-refractivity contribution in [1.82, 2.24) is 9.97 Å². The lowest BCUT2D eigenvalue weighted by molar-refractivity contribution is -0.360. The largest absolute Gasteiger partial charge is 0.363 e. The van der Waals surface area contributed by atoms with Crippen molar-refractivity contribution in [2.24, 2.45) is 0 Å². The lowest BCUT2D eigenvalue weighted by atomic mass is 10.4. The Morgan fingerprint density at radius 1 is 1.33 bits per heavy atom. The van der Waals surface area contributed by atoms with E-state index in [9.17, 15) is 8.42 Å². The van der Waals surface area contributed by atoms with Crippen LogP contribution in [0.4, 0.5) is 5.95 Å². The lowest BCUT2D eigenvalue weighted by Crippen LogP contribution is -2.52. The number of aryl methyl sites for hydroxylation is 2. The van der Waals surface area contributed by atoms with Gasteiger partial charge in [0.15, 0.2) is 0 Å². The van der Waals surface area contributed by atoms with Gasteiger partial charge in [0.2, 0.25) is 10.0 Å². The number of hydrogen-bond acceptors (Lipinski definition) is 4. The summed E-state index contributed by atoms with van der Waals surface area (Å²) in [5.74, 6) is -0.0791. The first-order valence-electron chi connectivity index (χ1n) is 4.50. The molecule has 0 aliphatic heterocycles. The van der Waals surface area contributed by atoms with Crippen molar-refractivity contribution in [1.29, 1.82) is 0 Å². The minimum absolute atomic E-state index is 0.000880. The van der Waals surface area contributed by atoms with E-state index in [4.69, 9.17) is 0 Å². The van der Waals surface area contributed by atoms with Crippen molar-refractivity contribution in [2.45, 2.75) is 13.8 Å². The van der Waals surface area contributed by atoms with Crippen molar-refractivity contribution >= 4 is 16.0 Å². The van der Waals surface area contributed by atoms with Gasteiger partial charge in [-0.05, 0) is 25.2 Å². The average Bonchev–Trinajstić information content (AvgIpc) is 1.99. The quantitative estimate of drug-likeness (QED) is 0.765. The van der Waals surface area contributed by atoms with Gasteiger partial charge in [-0.1, -0.05) is 6.07 Å². The molecular formula is C8H14N4O2S. The lowest BCUT2D eigenvalue weighted by Gasteiger charge is -2.14. The minimum atomic E-state index is -3.48. The Morgan fingerprint density at radius 2 is 1.87 bits per heavy atom. The smallest absolute Gasteiger partial charge is 0.205 e. The van der Waals surface area contributed by atoms with Gasteiger partial charge in [0.1, 0.15) is 5.75 Å². The molecule has 0 bridgehead atoms. The molecule has 1 rings (SSSR count). The van der Waals surface area contributed by atoms with Crippen molar-refractivity contribution in [3.63, 3.8) is 0 Å². The summed E-state index contributed by atoms with van der Waals surface area (Å²) in [7, 11) is -3.48. The molecule has 0 atom stereocenters. The zero-order chi connectivity index (χ0) is 11.5. The fraction of sp³-hybridized carbons (Fsp3) is 0.500. The normalized spacial score (nSPS) is 11.4. The van der Waals surface area contributed by atoms with Crippen molar-refractivity contribution in [3.8, 4) is 0 Å². The van der Waals surface area contributed by atoms with Crippen LogP contribution in [-0.4, -0.2) is 30.7 Å². The molecule has 0 saturated carbocycles. The first-order valence-corrected chi connectivity index (χ1v) is 6.11. The number of rotatable bonds is 4. The van der Waals surface area contributed by atoms with E-state index in [2.05, 4.69) is 20.4 Å². The molecule has 1 heterocycles. The Hall–Kier alpha value is -1.21. The molecule has 7 heteroatoms. The third-order valence-corrected chi connectivity index (χ3v) is 2.84. The van der Waals surface area contributed by atoms with E-state index in [0.717, 1.165) is 0 Å². The molecule has 1 aromatic rings. The number of aromatic nitrogens is 2. The first kappa shape index (κ1) is 11.9. The Bertz CT molecular complexity index is 424. The minimum Gasteiger partial charge on any atom is -0.363 e. The molecule has 6 nitrogen and oxygen atoms in total. The fourth-order valence-corrected chi connectivity index (χ4v) is 1.89. The number of quaternary nitrogens is 1. The molecule has 0 unspecified atom stereocenters. The predicted molar refractivity (Wildman–Crippen MR) is 56.1 cm³/mol. The zero-order valence-electron chi connectivity index (χ0n) is 8.77. The molecule has 3 N–H and O–H groups in total. The first-order chi connectivity index (χ1) is 6.93. The van der Waals surface area contributed by atoms with Crippen molar-refractivity contribution in [3.05, 3.63) is 22.2 Å². The van der Waals surface area contributed by atoms with E-state index in [1.165, 1.54) is 0 Å². The van der Waals surface area contributed by atoms with Gasteiger partial charge in [-0.15, -0.1) is 0 Å². The van der Waals surface area contributed by atoms with E-state index in [1.807, 2.05) is 0 Å². The van der Waals surface area contributed by atoms with E-state index >= 15 is 0 Å². The standard InChI is InChI=1S/C8H13N4O2S/c1-6-5-7(2)11-8(10-6)12-15(13,14)4-3-9/h5H,3-4,9H2,1-2H3/q-1/p+1. The fourth-order valence-electron chi connectivity index (χ4n) is 1.10. The van der Waals surface area contributed by atoms with Crippen LogP contribution in [0.5, 0.6) is 0 Å². The summed E-state index contributed by atoms with van der Waals surface area (Å²) in [4.78, 5) is 7.85. The van der Waals surface area contributed by atoms with Gasteiger partial charge >= 0.3 is 0 Å². The highest BCUT2D eigenvalue weighted by molar-refractivity contribution is 7.94. The topological polar surface area (TPSA) is 102 Å². The summed E-state index contributed by atoms with van der Waals surface area (Å²) in [6.45, 7) is 3.82. The zero-order valence-corrected chi connectivity index (χ0v) is 9.58. The number of sulfonamides is 1. The van der Waals surface area contributed by atoms with Crippen LogP contribution in [0, 0.1) is 13.8 Å². The second-order valence-corrected chi connectivity index (χ2v) is 4.94. The van der Waals surface area contributed by atoms with Crippen LogP contribution in [0.15, 0.2) is 6.07 Å². The molecule has 0 aromatic carbocycles. The van der Waals surface area contributed by atoms with E-state index in [0.29, 0.717) is 11.4 Å². The molecule has 84 valence electrons. The molecule has 1 aromatic heterocycles. The van der Waals surface area contributed by atoms with Crippen LogP contribution in [0.3, 0.4) is 0 Å². The molecule has 0 aliphatic carbocycles. The molecule has 0 radical (unpaired) electrons. The third kappa shape index (κ3) is 3.80. The number of nitrogens with zero attached hydrogens (tertiary/aromatic N) is 3. The maximum absolute atomic E-state index is 11.3. The molecular weight excluding hydrogens is 216 g/mol. The van der Waals surface area contributed by atoms with Gasteiger partial charge < -0.3 is 15.7 Å². The van der Waals surface area contributed by atoms with Gasteiger partial charge in [0.25, 0.3) is 0 Å². The Labute approximate surface area is 89.0 Å². The summed E-state index contributed by atoms with van der Waals surface area (Å²) in [5, 5.41) is 0. The van der Waals surface area contributed by atoms with Crippen molar-refractivity contribution < 1.29 is 14.2 Å². The summed E-state index contributed by atoms with van der Waals surface area (Å²) >= 11 is 0. The second kappa shape index (κ2) is 4.54. The molecule has 0 aliphatic rings. The van der Waals surface area contributed by atoms with Crippen LogP contribution in [0.2, 0.25) is 0 Å². The highest BCUT2D eigenvalue weighted by Gasteiger charge is 2.07. The van der Waals surface area contributed by atoms with Gasteiger partial charge in [0, 0.05) is 5.95 Å². The van der Waals surface area contributed by atoms with Crippen LogP contribution in [-0.2, 0) is 10.0 Å². The van der Waals surface area contributed by atoms with Gasteiger partial charge in [0.05, 0.1) is 6.54 Å². The van der Waals surface area contributed by atoms with Gasteiger partial charge in [-0.3, -0.25) is 4.72 Å². The maximum Gasteiger partial charge on any atom is 0.205 e. The Kier molecular flexibility index (Phi) is 3.59. The highest BCUT2D eigenvalue weighted by Crippen LogP contribution is 2.17. The van der Waals surface area contributed by atoms with E-state index in [-0.39, 0.29) is 18.2 Å². The van der Waals surface area contributed by atoms with Gasteiger partial charge in [-0.25, -0.2) is 8.42 Å². The second-order valence-electron chi connectivity index (χ2n) is 3.18. The monoisotopic (exact) mass is 230 g/mol. The number of hydrogen-bond donors (Lipinski definition) is 1. The SMILES string of the molecule is Cc1cc(C)nc([N-]S(=O)(=O)CC[NH3+])n1. The summed E-state index contributed by atoms with van der Waals surface area (Å²) in [6.07, 6.45) is 0. The van der Waals surface area contributed by atoms with Crippen LogP contribution in [0.25, 0.3) is 4.72 Å². The van der Waals surface area contributed by atoms with Crippen LogP contribution < -0.4 is 5.73 Å². The average molecular weight is 230 g/mol. The summed E-state index contributed by atoms with van der Waals surface area (Å²) < 4.78 is 26.2. The molecule has 0 spiro atoms. The van der Waals surface area contributed by atoms with Crippen molar-refractivity contribution in [2.75, 3.05) is 12.3 Å². The molecule has 0 amide bonds. The molecule has 15 heavy (non-hydrogen) atoms.